The number of rotatable bonds is 2. The van der Waals surface area contributed by atoms with E-state index in [-0.39, 0.29) is 0 Å². The van der Waals surface area contributed by atoms with Gasteiger partial charge in [0.15, 0.2) is 0 Å². The highest BCUT2D eigenvalue weighted by Crippen LogP contribution is 2.23. The third kappa shape index (κ3) is 2.04. The Kier molecular flexibility index (Phi) is 2.68. The van der Waals surface area contributed by atoms with Crippen molar-refractivity contribution in [2.75, 3.05) is 0 Å². The summed E-state index contributed by atoms with van der Waals surface area (Å²) >= 11 is 0. The van der Waals surface area contributed by atoms with Gasteiger partial charge in [-0.2, -0.15) is 5.10 Å². The zero-order chi connectivity index (χ0) is 9.97. The van der Waals surface area contributed by atoms with E-state index in [1.165, 1.54) is 17.7 Å². The van der Waals surface area contributed by atoms with Gasteiger partial charge in [0.1, 0.15) is 0 Å². The molecule has 1 fully saturated rings. The van der Waals surface area contributed by atoms with Crippen molar-refractivity contribution < 1.29 is 0 Å². The van der Waals surface area contributed by atoms with Crippen LogP contribution in [0.3, 0.4) is 0 Å². The van der Waals surface area contributed by atoms with E-state index in [0.29, 0.717) is 6.04 Å². The fraction of sp³-hybridized carbons (Fsp3) is 0.545. The fourth-order valence-corrected chi connectivity index (χ4v) is 1.95. The zero-order valence-electron chi connectivity index (χ0n) is 8.61. The van der Waals surface area contributed by atoms with Crippen LogP contribution in [0.25, 0.3) is 0 Å². The lowest BCUT2D eigenvalue weighted by Gasteiger charge is -1.99. The maximum atomic E-state index is 5.85. The zero-order valence-corrected chi connectivity index (χ0v) is 8.61. The summed E-state index contributed by atoms with van der Waals surface area (Å²) in [6.45, 7) is 0. The van der Waals surface area contributed by atoms with Crippen LogP contribution < -0.4 is 5.73 Å². The van der Waals surface area contributed by atoms with Crippen LogP contribution in [0.5, 0.6) is 0 Å². The maximum Gasteiger partial charge on any atom is 0.0492 e. The van der Waals surface area contributed by atoms with E-state index in [9.17, 15) is 0 Å². The van der Waals surface area contributed by atoms with Crippen molar-refractivity contribution in [3.63, 3.8) is 0 Å². The Morgan fingerprint density at radius 3 is 3.14 bits per heavy atom. The van der Waals surface area contributed by atoms with E-state index in [2.05, 4.69) is 17.2 Å². The molecule has 3 heteroatoms. The maximum absolute atomic E-state index is 5.85. The molecule has 0 aromatic carbocycles. The topological polar surface area (TPSA) is 43.8 Å². The number of hydrogen-bond acceptors (Lipinski definition) is 2. The molecule has 1 unspecified atom stereocenters. The molecule has 1 heterocycles. The first kappa shape index (κ1) is 9.46. The number of aromatic nitrogens is 2. The van der Waals surface area contributed by atoms with Crippen LogP contribution >= 0.6 is 0 Å². The van der Waals surface area contributed by atoms with Gasteiger partial charge < -0.3 is 5.73 Å². The van der Waals surface area contributed by atoms with E-state index in [4.69, 9.17) is 5.73 Å². The monoisotopic (exact) mass is 191 g/mol. The summed E-state index contributed by atoms with van der Waals surface area (Å²) in [5.41, 5.74) is 8.62. The molecular weight excluding hydrogens is 174 g/mol. The average molecular weight is 191 g/mol. The fourth-order valence-electron chi connectivity index (χ4n) is 1.95. The van der Waals surface area contributed by atoms with E-state index in [1.54, 1.807) is 0 Å². The van der Waals surface area contributed by atoms with Gasteiger partial charge in [0, 0.05) is 31.4 Å². The summed E-state index contributed by atoms with van der Waals surface area (Å²) < 4.78 is 1.92. The summed E-state index contributed by atoms with van der Waals surface area (Å²) in [4.78, 5) is 0. The lowest BCUT2D eigenvalue weighted by molar-refractivity contribution is 0.710. The Labute approximate surface area is 84.6 Å². The minimum Gasteiger partial charge on any atom is -0.327 e. The molecule has 0 spiro atoms. The molecule has 1 aromatic heterocycles. The van der Waals surface area contributed by atoms with E-state index in [1.807, 2.05) is 17.9 Å². The highest BCUT2D eigenvalue weighted by atomic mass is 15.2. The Hall–Kier alpha value is -1.09. The van der Waals surface area contributed by atoms with Gasteiger partial charge >= 0.3 is 0 Å². The van der Waals surface area contributed by atoms with Crippen LogP contribution in [0.2, 0.25) is 0 Å². The second-order valence-corrected chi connectivity index (χ2v) is 4.02. The van der Waals surface area contributed by atoms with Crippen molar-refractivity contribution in [1.82, 2.24) is 9.78 Å². The van der Waals surface area contributed by atoms with Crippen molar-refractivity contribution >= 4 is 0 Å². The number of nitrogens with two attached hydrogens (primary N) is 1. The van der Waals surface area contributed by atoms with Crippen LogP contribution in [0.1, 0.15) is 25.0 Å². The Balaban J connectivity index is 1.97. The summed E-state index contributed by atoms with van der Waals surface area (Å²) in [5.74, 6) is 0. The minimum atomic E-state index is 0.396. The standard InChI is InChI=1S/C11H17N3/c1-14-11(6-7-13-14)5-3-9-2-4-10(12)8-9/h3,6-7,10H,2,4-5,8,12H2,1H3/b9-3-. The minimum absolute atomic E-state index is 0.396. The van der Waals surface area contributed by atoms with Gasteiger partial charge in [-0.15, -0.1) is 0 Å². The smallest absolute Gasteiger partial charge is 0.0492 e. The highest BCUT2D eigenvalue weighted by Gasteiger charge is 2.14. The van der Waals surface area contributed by atoms with Gasteiger partial charge in [-0.1, -0.05) is 11.6 Å². The lowest BCUT2D eigenvalue weighted by atomic mass is 10.1. The Morgan fingerprint density at radius 2 is 2.57 bits per heavy atom. The predicted molar refractivity (Wildman–Crippen MR) is 56.8 cm³/mol. The van der Waals surface area contributed by atoms with Crippen LogP contribution in [0.15, 0.2) is 23.9 Å². The highest BCUT2D eigenvalue weighted by molar-refractivity contribution is 5.14. The van der Waals surface area contributed by atoms with Crippen molar-refractivity contribution in [3.8, 4) is 0 Å². The molecule has 1 aliphatic rings. The molecule has 14 heavy (non-hydrogen) atoms. The van der Waals surface area contributed by atoms with Gasteiger partial charge in [0.2, 0.25) is 0 Å². The lowest BCUT2D eigenvalue weighted by Crippen LogP contribution is -2.13. The molecule has 0 aliphatic heterocycles. The first-order chi connectivity index (χ1) is 6.75. The van der Waals surface area contributed by atoms with E-state index in [0.717, 1.165) is 19.3 Å². The average Bonchev–Trinajstić information content (AvgIpc) is 2.72. The normalized spacial score (nSPS) is 24.7. The van der Waals surface area contributed by atoms with Crippen LogP contribution in [-0.2, 0) is 13.5 Å². The van der Waals surface area contributed by atoms with Crippen molar-refractivity contribution in [2.45, 2.75) is 31.7 Å². The number of hydrogen-bond donors (Lipinski definition) is 1. The number of allylic oxidation sites excluding steroid dienone is 1. The molecule has 0 bridgehead atoms. The summed E-state index contributed by atoms with van der Waals surface area (Å²) in [5, 5.41) is 4.14. The van der Waals surface area contributed by atoms with Crippen molar-refractivity contribution in [2.24, 2.45) is 12.8 Å². The molecule has 76 valence electrons. The first-order valence-corrected chi connectivity index (χ1v) is 5.16. The van der Waals surface area contributed by atoms with Gasteiger partial charge in [-0.25, -0.2) is 0 Å². The number of nitrogens with zero attached hydrogens (tertiary/aromatic N) is 2. The third-order valence-corrected chi connectivity index (χ3v) is 2.88. The predicted octanol–water partition coefficient (Wildman–Crippen LogP) is 1.40. The summed E-state index contributed by atoms with van der Waals surface area (Å²) in [6.07, 6.45) is 8.55. The van der Waals surface area contributed by atoms with Crippen molar-refractivity contribution in [1.29, 1.82) is 0 Å². The van der Waals surface area contributed by atoms with Crippen LogP contribution in [0.4, 0.5) is 0 Å². The molecule has 2 rings (SSSR count). The molecule has 3 nitrogen and oxygen atoms in total. The third-order valence-electron chi connectivity index (χ3n) is 2.88. The van der Waals surface area contributed by atoms with Gasteiger partial charge in [0.25, 0.3) is 0 Å². The second-order valence-electron chi connectivity index (χ2n) is 4.02. The largest absolute Gasteiger partial charge is 0.327 e. The van der Waals surface area contributed by atoms with Crippen LogP contribution in [0, 0.1) is 0 Å². The van der Waals surface area contributed by atoms with Gasteiger partial charge in [-0.3, -0.25) is 4.68 Å². The molecule has 1 atom stereocenters. The van der Waals surface area contributed by atoms with Gasteiger partial charge in [0.05, 0.1) is 0 Å². The van der Waals surface area contributed by atoms with E-state index >= 15 is 0 Å². The van der Waals surface area contributed by atoms with E-state index < -0.39 is 0 Å². The SMILES string of the molecule is Cn1nccc1C/C=C1/CCC(N)C1. The number of aryl methyl sites for hydroxylation is 1. The summed E-state index contributed by atoms with van der Waals surface area (Å²) in [7, 11) is 1.98. The Bertz CT molecular complexity index is 338. The molecular formula is C11H17N3. The molecule has 2 N–H and O–H groups in total. The molecule has 0 saturated heterocycles. The molecule has 1 saturated carbocycles. The Morgan fingerprint density at radius 1 is 1.71 bits per heavy atom. The van der Waals surface area contributed by atoms with Crippen LogP contribution in [-0.4, -0.2) is 15.8 Å². The second kappa shape index (κ2) is 3.96. The molecule has 0 radical (unpaired) electrons. The first-order valence-electron chi connectivity index (χ1n) is 5.16. The van der Waals surface area contributed by atoms with Crippen molar-refractivity contribution in [3.05, 3.63) is 29.6 Å². The quantitative estimate of drug-likeness (QED) is 0.718. The molecule has 0 amide bonds. The molecule has 1 aliphatic carbocycles. The van der Waals surface area contributed by atoms with Gasteiger partial charge in [-0.05, 0) is 25.3 Å². The molecule has 1 aromatic rings. The summed E-state index contributed by atoms with van der Waals surface area (Å²) in [6, 6.07) is 2.46.